The summed E-state index contributed by atoms with van der Waals surface area (Å²) in [6.45, 7) is 5.95. The first-order valence-electron chi connectivity index (χ1n) is 6.94. The minimum absolute atomic E-state index is 0.197. The van der Waals surface area contributed by atoms with Gasteiger partial charge in [0.2, 0.25) is 0 Å². The number of rotatable bonds is 1. The third-order valence-electron chi connectivity index (χ3n) is 4.20. The van der Waals surface area contributed by atoms with Crippen molar-refractivity contribution in [3.8, 4) is 0 Å². The predicted octanol–water partition coefficient (Wildman–Crippen LogP) is 3.59. The Morgan fingerprint density at radius 1 is 1.05 bits per heavy atom. The molecule has 1 heterocycles. The molecule has 0 aliphatic carbocycles. The maximum Gasteiger partial charge on any atom is 0.123 e. The monoisotopic (exact) mass is 270 g/mol. The van der Waals surface area contributed by atoms with Crippen LogP contribution in [0.3, 0.4) is 0 Å². The molecule has 0 saturated heterocycles. The molecule has 104 valence electrons. The highest BCUT2D eigenvalue weighted by Gasteiger charge is 2.21. The summed E-state index contributed by atoms with van der Waals surface area (Å²) in [6.07, 6.45) is 0.989. The van der Waals surface area contributed by atoms with Crippen LogP contribution in [0, 0.1) is 19.7 Å². The van der Waals surface area contributed by atoms with Crippen LogP contribution < -0.4 is 10.6 Å². The van der Waals surface area contributed by atoms with Crippen LogP contribution in [-0.2, 0) is 13.0 Å². The Bertz CT molecular complexity index is 647. The Labute approximate surface area is 119 Å². The van der Waals surface area contributed by atoms with Gasteiger partial charge in [-0.3, -0.25) is 0 Å². The van der Waals surface area contributed by atoms with Gasteiger partial charge in [-0.2, -0.15) is 0 Å². The highest BCUT2D eigenvalue weighted by molar-refractivity contribution is 5.62. The second kappa shape index (κ2) is 4.82. The molecule has 1 aliphatic heterocycles. The smallest absolute Gasteiger partial charge is 0.123 e. The van der Waals surface area contributed by atoms with Crippen LogP contribution in [-0.4, -0.2) is 6.54 Å². The Kier molecular flexibility index (Phi) is 3.13. The number of nitrogen functional groups attached to an aromatic ring is 1. The molecule has 0 amide bonds. The van der Waals surface area contributed by atoms with Gasteiger partial charge in [-0.05, 0) is 66.8 Å². The summed E-state index contributed by atoms with van der Waals surface area (Å²) in [5.41, 5.74) is 13.3. The van der Waals surface area contributed by atoms with Crippen LogP contribution in [0.25, 0.3) is 0 Å². The van der Waals surface area contributed by atoms with Gasteiger partial charge in [0.1, 0.15) is 5.82 Å². The third kappa shape index (κ3) is 2.13. The van der Waals surface area contributed by atoms with E-state index in [-0.39, 0.29) is 5.82 Å². The number of fused-ring (bicyclic) bond motifs is 1. The van der Waals surface area contributed by atoms with Crippen LogP contribution in [0.2, 0.25) is 0 Å². The fourth-order valence-electron chi connectivity index (χ4n) is 3.05. The van der Waals surface area contributed by atoms with Gasteiger partial charge in [0.15, 0.2) is 0 Å². The Morgan fingerprint density at radius 2 is 1.75 bits per heavy atom. The van der Waals surface area contributed by atoms with E-state index in [0.717, 1.165) is 36.4 Å². The van der Waals surface area contributed by atoms with Crippen molar-refractivity contribution in [2.45, 2.75) is 26.8 Å². The lowest BCUT2D eigenvalue weighted by atomic mass is 9.91. The van der Waals surface area contributed by atoms with E-state index in [9.17, 15) is 4.39 Å². The average Bonchev–Trinajstić information content (AvgIpc) is 2.45. The van der Waals surface area contributed by atoms with E-state index in [1.165, 1.54) is 28.8 Å². The normalized spacial score (nSPS) is 14.2. The average molecular weight is 270 g/mol. The van der Waals surface area contributed by atoms with Crippen LogP contribution in [0.5, 0.6) is 0 Å². The zero-order valence-electron chi connectivity index (χ0n) is 11.9. The number of anilines is 2. The van der Waals surface area contributed by atoms with Crippen molar-refractivity contribution >= 4 is 11.4 Å². The fourth-order valence-corrected chi connectivity index (χ4v) is 3.05. The molecule has 2 nitrogen and oxygen atoms in total. The van der Waals surface area contributed by atoms with Crippen molar-refractivity contribution in [2.24, 2.45) is 0 Å². The first kappa shape index (κ1) is 13.0. The number of hydrogen-bond donors (Lipinski definition) is 1. The number of hydrogen-bond acceptors (Lipinski definition) is 2. The van der Waals surface area contributed by atoms with E-state index >= 15 is 0 Å². The van der Waals surface area contributed by atoms with Crippen molar-refractivity contribution in [3.05, 3.63) is 58.4 Å². The topological polar surface area (TPSA) is 29.3 Å². The van der Waals surface area contributed by atoms with Gasteiger partial charge in [0, 0.05) is 24.5 Å². The van der Waals surface area contributed by atoms with E-state index in [1.807, 2.05) is 12.1 Å². The molecule has 0 spiro atoms. The summed E-state index contributed by atoms with van der Waals surface area (Å²) in [5.74, 6) is -0.197. The van der Waals surface area contributed by atoms with Gasteiger partial charge in [-0.1, -0.05) is 6.07 Å². The summed E-state index contributed by atoms with van der Waals surface area (Å²) < 4.78 is 13.0. The maximum absolute atomic E-state index is 13.0. The van der Waals surface area contributed by atoms with Crippen molar-refractivity contribution in [1.82, 2.24) is 0 Å². The Morgan fingerprint density at radius 3 is 2.45 bits per heavy atom. The zero-order valence-corrected chi connectivity index (χ0v) is 11.9. The molecular weight excluding hydrogens is 251 g/mol. The van der Waals surface area contributed by atoms with Crippen molar-refractivity contribution < 1.29 is 4.39 Å². The van der Waals surface area contributed by atoms with Crippen LogP contribution in [0.1, 0.15) is 22.3 Å². The largest absolute Gasteiger partial charge is 0.398 e. The summed E-state index contributed by atoms with van der Waals surface area (Å²) in [5, 5.41) is 0. The molecule has 2 N–H and O–H groups in total. The van der Waals surface area contributed by atoms with E-state index in [0.29, 0.717) is 0 Å². The first-order chi connectivity index (χ1) is 9.56. The number of benzene rings is 2. The van der Waals surface area contributed by atoms with Crippen molar-refractivity contribution in [1.29, 1.82) is 0 Å². The van der Waals surface area contributed by atoms with Crippen LogP contribution >= 0.6 is 0 Å². The summed E-state index contributed by atoms with van der Waals surface area (Å²) in [4.78, 5) is 2.26. The molecule has 0 fully saturated rings. The van der Waals surface area contributed by atoms with E-state index in [1.54, 1.807) is 0 Å². The van der Waals surface area contributed by atoms with Crippen molar-refractivity contribution in [3.63, 3.8) is 0 Å². The minimum atomic E-state index is -0.197. The van der Waals surface area contributed by atoms with Crippen molar-refractivity contribution in [2.75, 3.05) is 17.2 Å². The summed E-state index contributed by atoms with van der Waals surface area (Å²) >= 11 is 0. The first-order valence-corrected chi connectivity index (χ1v) is 6.94. The lowest BCUT2D eigenvalue weighted by Crippen LogP contribution is -2.31. The van der Waals surface area contributed by atoms with Gasteiger partial charge >= 0.3 is 0 Å². The molecule has 3 heteroatoms. The molecule has 0 radical (unpaired) electrons. The standard InChI is InChI=1S/C17H19FN2/c1-11-9-12(2)17(19)16-10-20(8-7-15(11)16)14-5-3-13(18)4-6-14/h3-6,9H,7-8,10,19H2,1-2H3. The lowest BCUT2D eigenvalue weighted by molar-refractivity contribution is 0.627. The third-order valence-corrected chi connectivity index (χ3v) is 4.20. The van der Waals surface area contributed by atoms with Gasteiger partial charge < -0.3 is 10.6 Å². The van der Waals surface area contributed by atoms with E-state index in [2.05, 4.69) is 24.8 Å². The maximum atomic E-state index is 13.0. The zero-order chi connectivity index (χ0) is 14.3. The van der Waals surface area contributed by atoms with E-state index in [4.69, 9.17) is 5.73 Å². The van der Waals surface area contributed by atoms with Crippen LogP contribution in [0.15, 0.2) is 30.3 Å². The highest BCUT2D eigenvalue weighted by atomic mass is 19.1. The SMILES string of the molecule is Cc1cc(C)c2c(c1N)CN(c1ccc(F)cc1)CC2. The Hall–Kier alpha value is -2.03. The number of nitrogens with zero attached hydrogens (tertiary/aromatic N) is 1. The molecule has 2 aromatic carbocycles. The second-order valence-corrected chi connectivity index (χ2v) is 5.53. The quantitative estimate of drug-likeness (QED) is 0.802. The van der Waals surface area contributed by atoms with E-state index < -0.39 is 0 Å². The molecule has 3 rings (SSSR count). The van der Waals surface area contributed by atoms with Gasteiger partial charge in [-0.25, -0.2) is 4.39 Å². The van der Waals surface area contributed by atoms with Gasteiger partial charge in [0.25, 0.3) is 0 Å². The second-order valence-electron chi connectivity index (χ2n) is 5.53. The fraction of sp³-hybridized carbons (Fsp3) is 0.294. The molecule has 0 bridgehead atoms. The molecule has 1 aliphatic rings. The van der Waals surface area contributed by atoms with Gasteiger partial charge in [0.05, 0.1) is 0 Å². The molecule has 0 aromatic heterocycles. The molecule has 20 heavy (non-hydrogen) atoms. The highest BCUT2D eigenvalue weighted by Crippen LogP contribution is 2.32. The molecular formula is C17H19FN2. The number of aryl methyl sites for hydroxylation is 2. The number of nitrogens with two attached hydrogens (primary N) is 1. The Balaban J connectivity index is 1.97. The molecule has 0 atom stereocenters. The summed E-state index contributed by atoms with van der Waals surface area (Å²) in [7, 11) is 0. The molecule has 0 saturated carbocycles. The predicted molar refractivity (Wildman–Crippen MR) is 81.5 cm³/mol. The van der Waals surface area contributed by atoms with Crippen LogP contribution in [0.4, 0.5) is 15.8 Å². The number of halogens is 1. The molecule has 2 aromatic rings. The minimum Gasteiger partial charge on any atom is -0.398 e. The lowest BCUT2D eigenvalue weighted by Gasteiger charge is -2.33. The van der Waals surface area contributed by atoms with Gasteiger partial charge in [-0.15, -0.1) is 0 Å². The summed E-state index contributed by atoms with van der Waals surface area (Å²) in [6, 6.07) is 8.85. The molecule has 0 unspecified atom stereocenters.